The maximum absolute atomic E-state index is 13.0. The van der Waals surface area contributed by atoms with Crippen LogP contribution >= 0.6 is 0 Å². The molecule has 1 amide bonds. The van der Waals surface area contributed by atoms with E-state index in [2.05, 4.69) is 10.3 Å². The number of nitrogens with one attached hydrogen (secondary N) is 1. The van der Waals surface area contributed by atoms with Crippen molar-refractivity contribution in [1.82, 2.24) is 5.32 Å². The van der Waals surface area contributed by atoms with Crippen LogP contribution in [0.3, 0.4) is 0 Å². The largest absolute Gasteiger partial charge is 0.505 e. The third-order valence-corrected chi connectivity index (χ3v) is 2.16. The van der Waals surface area contributed by atoms with Gasteiger partial charge in [-0.25, -0.2) is 4.39 Å². The van der Waals surface area contributed by atoms with Gasteiger partial charge in [-0.05, 0) is 25.1 Å². The molecule has 5 heteroatoms. The lowest BCUT2D eigenvalue weighted by Gasteiger charge is -2.01. The van der Waals surface area contributed by atoms with Gasteiger partial charge in [-0.3, -0.25) is 9.79 Å². The number of hydrogen-bond donors (Lipinski definition) is 2. The summed E-state index contributed by atoms with van der Waals surface area (Å²) in [4.78, 5) is 15.2. The molecular formula is C10H9FN2O2. The van der Waals surface area contributed by atoms with Crippen LogP contribution in [-0.2, 0) is 4.79 Å². The predicted molar refractivity (Wildman–Crippen MR) is 52.2 cm³/mol. The van der Waals surface area contributed by atoms with E-state index in [1.165, 1.54) is 12.1 Å². The van der Waals surface area contributed by atoms with Crippen molar-refractivity contribution in [2.45, 2.75) is 13.0 Å². The smallest absolute Gasteiger partial charge is 0.250 e. The number of carbonyl (C=O) groups is 1. The van der Waals surface area contributed by atoms with Crippen LogP contribution in [0.1, 0.15) is 12.5 Å². The summed E-state index contributed by atoms with van der Waals surface area (Å²) < 4.78 is 13.0. The molecule has 0 saturated carbocycles. The summed E-state index contributed by atoms with van der Waals surface area (Å²) in [5.41, 5.74) is 0.447. The summed E-state index contributed by atoms with van der Waals surface area (Å²) in [5.74, 6) is -1.02. The van der Waals surface area contributed by atoms with Crippen molar-refractivity contribution in [3.8, 4) is 5.75 Å². The van der Waals surface area contributed by atoms with Gasteiger partial charge in [0.2, 0.25) is 5.91 Å². The number of phenols is 1. The van der Waals surface area contributed by atoms with Crippen LogP contribution < -0.4 is 5.32 Å². The fourth-order valence-corrected chi connectivity index (χ4v) is 1.31. The second kappa shape index (κ2) is 3.34. The highest BCUT2D eigenvalue weighted by Gasteiger charge is 2.22. The van der Waals surface area contributed by atoms with Crippen LogP contribution in [0.4, 0.5) is 4.39 Å². The van der Waals surface area contributed by atoms with Crippen LogP contribution in [0.2, 0.25) is 0 Å². The van der Waals surface area contributed by atoms with Gasteiger partial charge in [0.15, 0.2) is 11.6 Å². The van der Waals surface area contributed by atoms with E-state index < -0.39 is 17.6 Å². The molecule has 1 aliphatic heterocycles. The first-order valence-electron chi connectivity index (χ1n) is 4.45. The number of rotatable bonds is 1. The quantitative estimate of drug-likeness (QED) is 0.717. The fraction of sp³-hybridized carbons (Fsp3) is 0.200. The Balaban J connectivity index is 2.35. The van der Waals surface area contributed by atoms with E-state index >= 15 is 0 Å². The third-order valence-electron chi connectivity index (χ3n) is 2.16. The average Bonchev–Trinajstić information content (AvgIpc) is 2.52. The van der Waals surface area contributed by atoms with Gasteiger partial charge >= 0.3 is 0 Å². The summed E-state index contributed by atoms with van der Waals surface area (Å²) in [7, 11) is 0. The number of carbonyl (C=O) groups excluding carboxylic acids is 1. The van der Waals surface area contributed by atoms with Crippen molar-refractivity contribution >= 4 is 11.7 Å². The van der Waals surface area contributed by atoms with Crippen molar-refractivity contribution in [2.24, 2.45) is 4.99 Å². The molecule has 15 heavy (non-hydrogen) atoms. The van der Waals surface area contributed by atoms with Crippen LogP contribution in [0.25, 0.3) is 0 Å². The average molecular weight is 208 g/mol. The fourth-order valence-electron chi connectivity index (χ4n) is 1.31. The lowest BCUT2D eigenvalue weighted by molar-refractivity contribution is -0.119. The van der Waals surface area contributed by atoms with E-state index in [9.17, 15) is 9.18 Å². The Kier molecular flexibility index (Phi) is 2.15. The van der Waals surface area contributed by atoms with E-state index in [0.717, 1.165) is 6.07 Å². The van der Waals surface area contributed by atoms with Gasteiger partial charge < -0.3 is 10.4 Å². The van der Waals surface area contributed by atoms with E-state index in [-0.39, 0.29) is 5.91 Å². The van der Waals surface area contributed by atoms with E-state index in [0.29, 0.717) is 11.4 Å². The van der Waals surface area contributed by atoms with Crippen molar-refractivity contribution in [1.29, 1.82) is 0 Å². The van der Waals surface area contributed by atoms with Crippen molar-refractivity contribution in [2.75, 3.05) is 0 Å². The van der Waals surface area contributed by atoms with Gasteiger partial charge in [-0.15, -0.1) is 0 Å². The molecule has 0 fully saturated rings. The lowest BCUT2D eigenvalue weighted by Crippen LogP contribution is -2.27. The molecule has 4 nitrogen and oxygen atoms in total. The van der Waals surface area contributed by atoms with E-state index in [1.54, 1.807) is 6.92 Å². The summed E-state index contributed by atoms with van der Waals surface area (Å²) in [6.07, 6.45) is 0. The maximum Gasteiger partial charge on any atom is 0.250 e. The number of aliphatic imine (C=N–C) groups is 1. The molecule has 78 valence electrons. The number of aromatic hydroxyl groups is 1. The van der Waals surface area contributed by atoms with Gasteiger partial charge in [0.1, 0.15) is 11.9 Å². The highest BCUT2D eigenvalue weighted by atomic mass is 19.1. The molecule has 0 bridgehead atoms. The number of amidine groups is 1. The van der Waals surface area contributed by atoms with Crippen LogP contribution in [0.5, 0.6) is 5.75 Å². The van der Waals surface area contributed by atoms with Gasteiger partial charge in [0.25, 0.3) is 0 Å². The van der Waals surface area contributed by atoms with Gasteiger partial charge in [-0.1, -0.05) is 0 Å². The molecule has 1 aromatic carbocycles. The Labute approximate surface area is 85.5 Å². The standard InChI is InChI=1S/C10H9FN2O2/c1-5-10(15)13-9(12-5)6-2-3-8(14)7(11)4-6/h2-5,14H,1H3,(H,12,13,15). The number of halogens is 1. The highest BCUT2D eigenvalue weighted by molar-refractivity contribution is 6.13. The molecule has 0 aromatic heterocycles. The predicted octanol–water partition coefficient (Wildman–Crippen LogP) is 0.796. The normalized spacial score (nSPS) is 20.0. The van der Waals surface area contributed by atoms with E-state index in [1.807, 2.05) is 0 Å². The summed E-state index contributed by atoms with van der Waals surface area (Å²) in [6.45, 7) is 1.65. The zero-order valence-electron chi connectivity index (χ0n) is 7.99. The number of benzene rings is 1. The number of phenolic OH excluding ortho intramolecular Hbond substituents is 1. The lowest BCUT2D eigenvalue weighted by atomic mass is 10.2. The van der Waals surface area contributed by atoms with Gasteiger partial charge in [0.05, 0.1) is 0 Å². The molecular weight excluding hydrogens is 199 g/mol. The second-order valence-electron chi connectivity index (χ2n) is 3.31. The van der Waals surface area contributed by atoms with Crippen molar-refractivity contribution < 1.29 is 14.3 Å². The summed E-state index contributed by atoms with van der Waals surface area (Å²) in [6, 6.07) is 3.40. The number of amides is 1. The Morgan fingerprint density at radius 2 is 2.27 bits per heavy atom. The van der Waals surface area contributed by atoms with E-state index in [4.69, 9.17) is 5.11 Å². The molecule has 0 radical (unpaired) electrons. The molecule has 1 aromatic rings. The molecule has 1 heterocycles. The van der Waals surface area contributed by atoms with Crippen molar-refractivity contribution in [3.05, 3.63) is 29.6 Å². The zero-order chi connectivity index (χ0) is 11.0. The minimum absolute atomic E-state index is 0.210. The SMILES string of the molecule is CC1N=C(c2ccc(O)c(F)c2)NC1=O. The van der Waals surface area contributed by atoms with Gasteiger partial charge in [-0.2, -0.15) is 0 Å². The monoisotopic (exact) mass is 208 g/mol. The van der Waals surface area contributed by atoms with Crippen LogP contribution in [-0.4, -0.2) is 22.9 Å². The molecule has 0 aliphatic carbocycles. The highest BCUT2D eigenvalue weighted by Crippen LogP contribution is 2.17. The van der Waals surface area contributed by atoms with Crippen molar-refractivity contribution in [3.63, 3.8) is 0 Å². The minimum atomic E-state index is -0.732. The minimum Gasteiger partial charge on any atom is -0.505 e. The third kappa shape index (κ3) is 1.68. The molecule has 0 spiro atoms. The van der Waals surface area contributed by atoms with Gasteiger partial charge in [0, 0.05) is 5.56 Å². The number of hydrogen-bond acceptors (Lipinski definition) is 3. The molecule has 1 aliphatic rings. The molecule has 2 rings (SSSR count). The summed E-state index contributed by atoms with van der Waals surface area (Å²) >= 11 is 0. The molecule has 0 saturated heterocycles. The Morgan fingerprint density at radius 3 is 2.80 bits per heavy atom. The Bertz CT molecular complexity index is 457. The molecule has 2 N–H and O–H groups in total. The Morgan fingerprint density at radius 1 is 1.53 bits per heavy atom. The second-order valence-corrected chi connectivity index (χ2v) is 3.31. The summed E-state index contributed by atoms with van der Waals surface area (Å²) in [5, 5.41) is 11.5. The topological polar surface area (TPSA) is 61.7 Å². The van der Waals surface area contributed by atoms with Crippen LogP contribution in [0, 0.1) is 5.82 Å². The first kappa shape index (κ1) is 9.64. The molecule has 1 unspecified atom stereocenters. The first-order valence-corrected chi connectivity index (χ1v) is 4.45. The zero-order valence-corrected chi connectivity index (χ0v) is 7.99. The first-order chi connectivity index (χ1) is 7.08. The Hall–Kier alpha value is -1.91. The van der Waals surface area contributed by atoms with Crippen LogP contribution in [0.15, 0.2) is 23.2 Å². The molecule has 1 atom stereocenters. The number of nitrogens with zero attached hydrogens (tertiary/aromatic N) is 1. The maximum atomic E-state index is 13.0.